The first-order valence-corrected chi connectivity index (χ1v) is 7.78. The molecule has 0 aliphatic heterocycles. The lowest BCUT2D eigenvalue weighted by atomic mass is 10.2. The molecule has 0 radical (unpaired) electrons. The molecule has 5 nitrogen and oxygen atoms in total. The SMILES string of the molecule is CC(=O)CN(COc1ccc(Cl)c(Cl)c1)c1cccc(C(=O)O)c1. The van der Waals surface area contributed by atoms with Crippen LogP contribution in [0.25, 0.3) is 0 Å². The molecular formula is C17H15Cl2NO4. The summed E-state index contributed by atoms with van der Waals surface area (Å²) in [6, 6.07) is 11.1. The van der Waals surface area contributed by atoms with Gasteiger partial charge in [0.2, 0.25) is 0 Å². The Bertz CT molecular complexity index is 764. The topological polar surface area (TPSA) is 66.8 Å². The molecule has 2 aromatic carbocycles. The maximum absolute atomic E-state index is 11.5. The summed E-state index contributed by atoms with van der Waals surface area (Å²) in [5.41, 5.74) is 0.709. The zero-order chi connectivity index (χ0) is 17.7. The minimum absolute atomic E-state index is 0.0562. The van der Waals surface area contributed by atoms with Crippen molar-refractivity contribution in [3.63, 3.8) is 0 Å². The van der Waals surface area contributed by atoms with E-state index in [1.807, 2.05) is 0 Å². The van der Waals surface area contributed by atoms with Crippen LogP contribution in [0.1, 0.15) is 17.3 Å². The van der Waals surface area contributed by atoms with Crippen LogP contribution in [-0.2, 0) is 4.79 Å². The number of nitrogens with zero attached hydrogens (tertiary/aromatic N) is 1. The molecule has 0 saturated carbocycles. The van der Waals surface area contributed by atoms with E-state index in [2.05, 4.69) is 0 Å². The molecule has 0 atom stereocenters. The lowest BCUT2D eigenvalue weighted by Gasteiger charge is -2.24. The molecule has 0 aromatic heterocycles. The lowest BCUT2D eigenvalue weighted by molar-refractivity contribution is -0.115. The van der Waals surface area contributed by atoms with E-state index in [1.165, 1.54) is 19.1 Å². The molecule has 2 aromatic rings. The van der Waals surface area contributed by atoms with E-state index in [0.29, 0.717) is 21.5 Å². The molecule has 0 heterocycles. The molecule has 0 bridgehead atoms. The number of ether oxygens (including phenoxy) is 1. The van der Waals surface area contributed by atoms with Gasteiger partial charge < -0.3 is 14.7 Å². The normalized spacial score (nSPS) is 10.3. The zero-order valence-electron chi connectivity index (χ0n) is 12.8. The highest BCUT2D eigenvalue weighted by molar-refractivity contribution is 6.42. The predicted molar refractivity (Wildman–Crippen MR) is 93.4 cm³/mol. The molecule has 0 spiro atoms. The van der Waals surface area contributed by atoms with Crippen LogP contribution < -0.4 is 9.64 Å². The monoisotopic (exact) mass is 367 g/mol. The van der Waals surface area contributed by atoms with Crippen LogP contribution in [0.5, 0.6) is 5.75 Å². The molecule has 0 aliphatic rings. The van der Waals surface area contributed by atoms with Crippen molar-refractivity contribution >= 4 is 40.6 Å². The first-order valence-electron chi connectivity index (χ1n) is 7.02. The Hall–Kier alpha value is -2.24. The number of halogens is 2. The zero-order valence-corrected chi connectivity index (χ0v) is 14.3. The van der Waals surface area contributed by atoms with E-state index >= 15 is 0 Å². The number of carbonyl (C=O) groups excluding carboxylic acids is 1. The summed E-state index contributed by atoms with van der Waals surface area (Å²) in [5.74, 6) is -0.620. The molecule has 0 aliphatic carbocycles. The maximum atomic E-state index is 11.5. The molecular weight excluding hydrogens is 353 g/mol. The minimum atomic E-state index is -1.04. The molecule has 1 N–H and O–H groups in total. The second-order valence-electron chi connectivity index (χ2n) is 5.10. The quantitative estimate of drug-likeness (QED) is 0.745. The van der Waals surface area contributed by atoms with E-state index < -0.39 is 5.97 Å². The highest BCUT2D eigenvalue weighted by Crippen LogP contribution is 2.26. The van der Waals surface area contributed by atoms with E-state index in [9.17, 15) is 9.59 Å². The van der Waals surface area contributed by atoms with Crippen LogP contribution in [0.2, 0.25) is 10.0 Å². The van der Waals surface area contributed by atoms with E-state index in [0.717, 1.165) is 0 Å². The van der Waals surface area contributed by atoms with Gasteiger partial charge >= 0.3 is 5.97 Å². The van der Waals surface area contributed by atoms with Crippen LogP contribution in [0.4, 0.5) is 5.69 Å². The van der Waals surface area contributed by atoms with Crippen molar-refractivity contribution in [3.8, 4) is 5.75 Å². The van der Waals surface area contributed by atoms with E-state index in [-0.39, 0.29) is 24.6 Å². The van der Waals surface area contributed by atoms with Gasteiger partial charge in [0, 0.05) is 11.8 Å². The van der Waals surface area contributed by atoms with Crippen molar-refractivity contribution in [3.05, 3.63) is 58.1 Å². The summed E-state index contributed by atoms with van der Waals surface area (Å²) < 4.78 is 5.64. The highest BCUT2D eigenvalue weighted by Gasteiger charge is 2.13. The van der Waals surface area contributed by atoms with Gasteiger partial charge in [0.15, 0.2) is 6.73 Å². The van der Waals surface area contributed by atoms with Gasteiger partial charge in [-0.15, -0.1) is 0 Å². The Morgan fingerprint density at radius 3 is 2.50 bits per heavy atom. The first kappa shape index (κ1) is 18.1. The maximum Gasteiger partial charge on any atom is 0.335 e. The standard InChI is InChI=1S/C17H15Cl2NO4/c1-11(21)9-20(13-4-2-3-12(7-13)17(22)23)10-24-14-5-6-15(18)16(19)8-14/h2-8H,9-10H2,1H3,(H,22,23). The van der Waals surface area contributed by atoms with Gasteiger partial charge in [0.1, 0.15) is 11.5 Å². The number of rotatable bonds is 7. The lowest BCUT2D eigenvalue weighted by Crippen LogP contribution is -2.32. The summed E-state index contributed by atoms with van der Waals surface area (Å²) in [5, 5.41) is 9.87. The second-order valence-corrected chi connectivity index (χ2v) is 5.92. The van der Waals surface area contributed by atoms with Gasteiger partial charge in [-0.3, -0.25) is 4.79 Å². The summed E-state index contributed by atoms with van der Waals surface area (Å²) in [7, 11) is 0. The Morgan fingerprint density at radius 1 is 1.12 bits per heavy atom. The average molecular weight is 368 g/mol. The smallest absolute Gasteiger partial charge is 0.335 e. The number of hydrogen-bond donors (Lipinski definition) is 1. The minimum Gasteiger partial charge on any atom is -0.478 e. The predicted octanol–water partition coefficient (Wildman–Crippen LogP) is 4.12. The largest absolute Gasteiger partial charge is 0.478 e. The van der Waals surface area contributed by atoms with Crippen LogP contribution in [0.15, 0.2) is 42.5 Å². The molecule has 2 rings (SSSR count). The third kappa shape index (κ3) is 4.88. The number of ketones is 1. The Balaban J connectivity index is 2.19. The van der Waals surface area contributed by atoms with Crippen molar-refractivity contribution in [2.75, 3.05) is 18.2 Å². The van der Waals surface area contributed by atoms with Gasteiger partial charge in [-0.1, -0.05) is 29.3 Å². The van der Waals surface area contributed by atoms with Crippen LogP contribution >= 0.6 is 23.2 Å². The number of carboxylic acids is 1. The van der Waals surface area contributed by atoms with E-state index in [4.69, 9.17) is 33.0 Å². The molecule has 0 saturated heterocycles. The van der Waals surface area contributed by atoms with Crippen LogP contribution in [-0.4, -0.2) is 30.1 Å². The van der Waals surface area contributed by atoms with Crippen molar-refractivity contribution in [2.45, 2.75) is 6.92 Å². The van der Waals surface area contributed by atoms with Gasteiger partial charge in [0.25, 0.3) is 0 Å². The number of aromatic carboxylic acids is 1. The fourth-order valence-corrected chi connectivity index (χ4v) is 2.32. The number of benzene rings is 2. The van der Waals surface area contributed by atoms with Gasteiger partial charge in [-0.05, 0) is 37.3 Å². The summed E-state index contributed by atoms with van der Waals surface area (Å²) in [6.07, 6.45) is 0. The van der Waals surface area contributed by atoms with Crippen LogP contribution in [0, 0.1) is 0 Å². The summed E-state index contributed by atoms with van der Waals surface area (Å²) in [6.45, 7) is 1.60. The number of anilines is 1. The molecule has 7 heteroatoms. The number of hydrogen-bond acceptors (Lipinski definition) is 4. The summed E-state index contributed by atoms with van der Waals surface area (Å²) in [4.78, 5) is 24.2. The third-order valence-electron chi connectivity index (χ3n) is 3.15. The Labute approximate surface area is 149 Å². The van der Waals surface area contributed by atoms with Crippen LogP contribution in [0.3, 0.4) is 0 Å². The fourth-order valence-electron chi connectivity index (χ4n) is 2.03. The second kappa shape index (κ2) is 8.04. The summed E-state index contributed by atoms with van der Waals surface area (Å²) >= 11 is 11.8. The van der Waals surface area contributed by atoms with Crippen molar-refractivity contribution in [1.82, 2.24) is 0 Å². The molecule has 24 heavy (non-hydrogen) atoms. The molecule has 0 amide bonds. The highest BCUT2D eigenvalue weighted by atomic mass is 35.5. The van der Waals surface area contributed by atoms with Crippen molar-refractivity contribution in [1.29, 1.82) is 0 Å². The molecule has 0 fully saturated rings. The fraction of sp³-hybridized carbons (Fsp3) is 0.176. The Kier molecular flexibility index (Phi) is 6.06. The average Bonchev–Trinajstić information content (AvgIpc) is 2.54. The number of Topliss-reactive ketones (excluding diaryl/α,β-unsaturated/α-hetero) is 1. The number of carbonyl (C=O) groups is 2. The van der Waals surface area contributed by atoms with Crippen molar-refractivity contribution in [2.24, 2.45) is 0 Å². The van der Waals surface area contributed by atoms with Crippen molar-refractivity contribution < 1.29 is 19.4 Å². The van der Waals surface area contributed by atoms with E-state index in [1.54, 1.807) is 35.2 Å². The van der Waals surface area contributed by atoms with Gasteiger partial charge in [-0.25, -0.2) is 4.79 Å². The first-order chi connectivity index (χ1) is 11.4. The van der Waals surface area contributed by atoms with Gasteiger partial charge in [0.05, 0.1) is 22.2 Å². The number of carboxylic acid groups (broad SMARTS) is 1. The Morgan fingerprint density at radius 2 is 1.88 bits per heavy atom. The van der Waals surface area contributed by atoms with Gasteiger partial charge in [-0.2, -0.15) is 0 Å². The third-order valence-corrected chi connectivity index (χ3v) is 3.89. The molecule has 0 unspecified atom stereocenters. The molecule has 126 valence electrons.